The van der Waals surface area contributed by atoms with Crippen molar-refractivity contribution >= 4 is 34.9 Å². The van der Waals surface area contributed by atoms with Gasteiger partial charge in [-0.1, -0.05) is 24.6 Å². The van der Waals surface area contributed by atoms with Crippen LogP contribution in [0.15, 0.2) is 41.8 Å². The number of nitrogens with zero attached hydrogens (tertiary/aromatic N) is 1. The second-order valence-corrected chi connectivity index (χ2v) is 10.3. The van der Waals surface area contributed by atoms with Gasteiger partial charge in [0.1, 0.15) is 5.75 Å². The average molecular weight is 490 g/mol. The van der Waals surface area contributed by atoms with E-state index in [0.717, 1.165) is 29.3 Å². The fraction of sp³-hybridized carbons (Fsp3) is 0.520. The van der Waals surface area contributed by atoms with Crippen molar-refractivity contribution < 1.29 is 14.3 Å². The highest BCUT2D eigenvalue weighted by atomic mass is 32.2. The van der Waals surface area contributed by atoms with Gasteiger partial charge >= 0.3 is 0 Å². The Labute approximate surface area is 205 Å². The Kier molecular flexibility index (Phi) is 11.6. The van der Waals surface area contributed by atoms with Crippen LogP contribution >= 0.6 is 23.1 Å². The predicted molar refractivity (Wildman–Crippen MR) is 137 cm³/mol. The Bertz CT molecular complexity index is 839. The number of piperidine rings is 1. The second-order valence-electron chi connectivity index (χ2n) is 8.19. The van der Waals surface area contributed by atoms with Crippen molar-refractivity contribution in [1.82, 2.24) is 15.5 Å². The number of thiophene rings is 1. The lowest BCUT2D eigenvalue weighted by atomic mass is 10.1. The molecule has 1 aliphatic rings. The molecule has 180 valence electrons. The van der Waals surface area contributed by atoms with Crippen LogP contribution in [-0.2, 0) is 22.6 Å². The maximum Gasteiger partial charge on any atom is 0.229 e. The van der Waals surface area contributed by atoms with E-state index >= 15 is 0 Å². The van der Waals surface area contributed by atoms with E-state index in [9.17, 15) is 9.59 Å². The van der Waals surface area contributed by atoms with Gasteiger partial charge in [0.25, 0.3) is 0 Å². The summed E-state index contributed by atoms with van der Waals surface area (Å²) in [6.45, 7) is 5.12. The van der Waals surface area contributed by atoms with Gasteiger partial charge in [0, 0.05) is 30.3 Å². The highest BCUT2D eigenvalue weighted by Crippen LogP contribution is 2.17. The van der Waals surface area contributed by atoms with E-state index in [1.54, 1.807) is 11.3 Å². The standard InChI is InChI=1S/C25H35N3O3S2/c29-24(18-23-9-5-15-33-23)27-11-16-32-20-25(30)26-10-6-14-31-22-8-4-7-21(17-22)19-28-12-2-1-3-13-28/h4-5,7-9,15,17H,1-3,6,10-14,16,18-20H2,(H,26,30)(H,27,29). The zero-order valence-electron chi connectivity index (χ0n) is 19.2. The van der Waals surface area contributed by atoms with Gasteiger partial charge in [-0.15, -0.1) is 11.3 Å². The molecule has 6 nitrogen and oxygen atoms in total. The predicted octanol–water partition coefficient (Wildman–Crippen LogP) is 3.71. The topological polar surface area (TPSA) is 70.7 Å². The van der Waals surface area contributed by atoms with Gasteiger partial charge in [-0.25, -0.2) is 0 Å². The Hall–Kier alpha value is -2.03. The third-order valence-corrected chi connectivity index (χ3v) is 7.22. The number of carbonyl (C=O) groups is 2. The molecule has 1 aromatic carbocycles. The number of carbonyl (C=O) groups excluding carboxylic acids is 2. The molecule has 2 amide bonds. The first kappa shape index (κ1) is 25.6. The van der Waals surface area contributed by atoms with Gasteiger partial charge in [0.2, 0.25) is 11.8 Å². The highest BCUT2D eigenvalue weighted by Gasteiger charge is 2.10. The minimum atomic E-state index is 0.0217. The highest BCUT2D eigenvalue weighted by molar-refractivity contribution is 7.99. The molecule has 8 heteroatoms. The summed E-state index contributed by atoms with van der Waals surface area (Å²) in [5.41, 5.74) is 1.29. The number of hydrogen-bond donors (Lipinski definition) is 2. The van der Waals surface area contributed by atoms with E-state index in [1.165, 1.54) is 49.7 Å². The van der Waals surface area contributed by atoms with Crippen LogP contribution in [-0.4, -0.2) is 61.0 Å². The monoisotopic (exact) mass is 489 g/mol. The van der Waals surface area contributed by atoms with E-state index in [2.05, 4.69) is 33.7 Å². The van der Waals surface area contributed by atoms with Gasteiger partial charge in [-0.2, -0.15) is 11.8 Å². The number of benzene rings is 1. The molecule has 33 heavy (non-hydrogen) atoms. The first-order chi connectivity index (χ1) is 16.2. The minimum absolute atomic E-state index is 0.0217. The molecule has 2 N–H and O–H groups in total. The Balaban J connectivity index is 1.18. The largest absolute Gasteiger partial charge is 0.494 e. The number of nitrogens with one attached hydrogen (secondary N) is 2. The summed E-state index contributed by atoms with van der Waals surface area (Å²) in [6, 6.07) is 12.2. The minimum Gasteiger partial charge on any atom is -0.494 e. The van der Waals surface area contributed by atoms with E-state index in [4.69, 9.17) is 4.74 Å². The molecule has 1 aromatic heterocycles. The van der Waals surface area contributed by atoms with Gasteiger partial charge in [0.15, 0.2) is 0 Å². The molecule has 1 aliphatic heterocycles. The maximum atomic E-state index is 12.0. The molecule has 0 saturated carbocycles. The molecule has 0 atom stereocenters. The zero-order chi connectivity index (χ0) is 23.1. The third kappa shape index (κ3) is 10.6. The van der Waals surface area contributed by atoms with Gasteiger partial charge in [0.05, 0.1) is 18.8 Å². The lowest BCUT2D eigenvalue weighted by molar-refractivity contribution is -0.120. The van der Waals surface area contributed by atoms with Crippen molar-refractivity contribution in [2.45, 2.75) is 38.6 Å². The van der Waals surface area contributed by atoms with Crippen molar-refractivity contribution in [3.8, 4) is 5.75 Å². The fourth-order valence-corrected chi connectivity index (χ4v) is 5.09. The summed E-state index contributed by atoms with van der Waals surface area (Å²) in [7, 11) is 0. The third-order valence-electron chi connectivity index (χ3n) is 5.38. The molecule has 3 rings (SSSR count). The lowest BCUT2D eigenvalue weighted by Crippen LogP contribution is -2.29. The van der Waals surface area contributed by atoms with Crippen LogP contribution in [0.4, 0.5) is 0 Å². The van der Waals surface area contributed by atoms with Crippen LogP contribution in [0.25, 0.3) is 0 Å². The lowest BCUT2D eigenvalue weighted by Gasteiger charge is -2.26. The first-order valence-electron chi connectivity index (χ1n) is 11.8. The molecule has 2 heterocycles. The van der Waals surface area contributed by atoms with Crippen molar-refractivity contribution in [1.29, 1.82) is 0 Å². The SMILES string of the molecule is O=C(CSCCNC(=O)Cc1cccs1)NCCCOc1cccc(CN2CCCCC2)c1. The number of amides is 2. The van der Waals surface area contributed by atoms with Crippen LogP contribution in [0, 0.1) is 0 Å². The number of hydrogen-bond acceptors (Lipinski definition) is 6. The average Bonchev–Trinajstić information content (AvgIpc) is 3.32. The summed E-state index contributed by atoms with van der Waals surface area (Å²) in [5, 5.41) is 7.79. The number of likely N-dealkylation sites (tertiary alicyclic amines) is 1. The maximum absolute atomic E-state index is 12.0. The van der Waals surface area contributed by atoms with Crippen LogP contribution in [0.2, 0.25) is 0 Å². The normalized spacial score (nSPS) is 14.1. The molecular weight excluding hydrogens is 454 g/mol. The summed E-state index contributed by atoms with van der Waals surface area (Å²) < 4.78 is 5.88. The molecule has 1 saturated heterocycles. The summed E-state index contributed by atoms with van der Waals surface area (Å²) in [5.74, 6) is 2.07. The fourth-order valence-electron chi connectivity index (χ4n) is 3.71. The molecule has 0 spiro atoms. The number of rotatable bonds is 14. The summed E-state index contributed by atoms with van der Waals surface area (Å²) >= 11 is 3.11. The van der Waals surface area contributed by atoms with Gasteiger partial charge < -0.3 is 15.4 Å². The van der Waals surface area contributed by atoms with Crippen molar-refractivity contribution in [2.75, 3.05) is 44.3 Å². The first-order valence-corrected chi connectivity index (χ1v) is 13.8. The molecule has 1 fully saturated rings. The van der Waals surface area contributed by atoms with Crippen LogP contribution in [0.3, 0.4) is 0 Å². The molecule has 0 bridgehead atoms. The van der Waals surface area contributed by atoms with Crippen LogP contribution in [0.1, 0.15) is 36.1 Å². The summed E-state index contributed by atoms with van der Waals surface area (Å²) in [6.07, 6.45) is 5.14. The van der Waals surface area contributed by atoms with Crippen molar-refractivity contribution in [3.63, 3.8) is 0 Å². The Morgan fingerprint density at radius 2 is 1.88 bits per heavy atom. The van der Waals surface area contributed by atoms with Gasteiger partial charge in [-0.05, 0) is 61.5 Å². The Morgan fingerprint density at radius 1 is 1.03 bits per heavy atom. The van der Waals surface area contributed by atoms with E-state index in [-0.39, 0.29) is 11.8 Å². The molecule has 0 radical (unpaired) electrons. The number of thioether (sulfide) groups is 1. The smallest absolute Gasteiger partial charge is 0.229 e. The summed E-state index contributed by atoms with van der Waals surface area (Å²) in [4.78, 5) is 27.3. The molecular formula is C25H35N3O3S2. The molecule has 0 aliphatic carbocycles. The van der Waals surface area contributed by atoms with Crippen molar-refractivity contribution in [3.05, 3.63) is 52.2 Å². The number of ether oxygens (including phenoxy) is 1. The Morgan fingerprint density at radius 3 is 2.70 bits per heavy atom. The van der Waals surface area contributed by atoms with Crippen LogP contribution in [0.5, 0.6) is 5.75 Å². The van der Waals surface area contributed by atoms with E-state index in [1.807, 2.05) is 23.6 Å². The van der Waals surface area contributed by atoms with Crippen molar-refractivity contribution in [2.24, 2.45) is 0 Å². The second kappa shape index (κ2) is 15.0. The van der Waals surface area contributed by atoms with Crippen LogP contribution < -0.4 is 15.4 Å². The molecule has 2 aromatic rings. The van der Waals surface area contributed by atoms with E-state index in [0.29, 0.717) is 31.9 Å². The quantitative estimate of drug-likeness (QED) is 0.396. The molecule has 0 unspecified atom stereocenters. The zero-order valence-corrected chi connectivity index (χ0v) is 20.9. The van der Waals surface area contributed by atoms with E-state index < -0.39 is 0 Å². The van der Waals surface area contributed by atoms with Gasteiger partial charge in [-0.3, -0.25) is 14.5 Å².